The van der Waals surface area contributed by atoms with Crippen molar-refractivity contribution in [3.8, 4) is 0 Å². The second kappa shape index (κ2) is 4.00. The maximum atomic E-state index is 11.3. The summed E-state index contributed by atoms with van der Waals surface area (Å²) in [5.41, 5.74) is 0. The first-order valence-electron chi connectivity index (χ1n) is 3.80. The zero-order valence-corrected chi connectivity index (χ0v) is 8.73. The molecular formula is C8H17NOS. The molecule has 0 aliphatic rings. The summed E-state index contributed by atoms with van der Waals surface area (Å²) in [6.45, 7) is 9.79. The van der Waals surface area contributed by atoms with Crippen LogP contribution in [0.2, 0.25) is 0 Å². The number of hydrogen-bond donors (Lipinski definition) is 0. The molecule has 0 fully saturated rings. The molecular weight excluding hydrogens is 158 g/mol. The third-order valence-corrected chi connectivity index (χ3v) is 2.34. The summed E-state index contributed by atoms with van der Waals surface area (Å²) in [7, 11) is -1.09. The van der Waals surface area contributed by atoms with Crippen LogP contribution in [0.4, 0.5) is 0 Å². The minimum atomic E-state index is -1.09. The molecule has 0 unspecified atom stereocenters. The molecule has 0 amide bonds. The van der Waals surface area contributed by atoms with Gasteiger partial charge in [-0.15, -0.1) is 0 Å². The maximum Gasteiger partial charge on any atom is 0.144 e. The Morgan fingerprint density at radius 2 is 1.82 bits per heavy atom. The lowest BCUT2D eigenvalue weighted by atomic mass is 10.3. The van der Waals surface area contributed by atoms with Crippen LogP contribution < -0.4 is 0 Å². The lowest BCUT2D eigenvalue weighted by molar-refractivity contribution is 0.650. The van der Waals surface area contributed by atoms with E-state index in [1.807, 2.05) is 34.6 Å². The van der Waals surface area contributed by atoms with Gasteiger partial charge in [-0.25, -0.2) is 4.21 Å². The van der Waals surface area contributed by atoms with Gasteiger partial charge in [0.2, 0.25) is 0 Å². The van der Waals surface area contributed by atoms with Gasteiger partial charge in [0.15, 0.2) is 0 Å². The molecule has 2 nitrogen and oxygen atoms in total. The highest BCUT2D eigenvalue weighted by Gasteiger charge is 2.17. The van der Waals surface area contributed by atoms with Crippen molar-refractivity contribution in [2.45, 2.75) is 39.4 Å². The van der Waals surface area contributed by atoms with Crippen molar-refractivity contribution in [2.24, 2.45) is 10.3 Å². The van der Waals surface area contributed by atoms with E-state index < -0.39 is 11.0 Å². The minimum absolute atomic E-state index is 0.231. The Morgan fingerprint density at radius 3 is 2.09 bits per heavy atom. The van der Waals surface area contributed by atoms with Crippen LogP contribution in [0.3, 0.4) is 0 Å². The Kier molecular flexibility index (Phi) is 3.93. The topological polar surface area (TPSA) is 29.4 Å². The minimum Gasteiger partial charge on any atom is -0.234 e. The van der Waals surface area contributed by atoms with Crippen molar-refractivity contribution in [1.82, 2.24) is 0 Å². The van der Waals surface area contributed by atoms with Gasteiger partial charge in [0.05, 0.1) is 4.75 Å². The predicted octanol–water partition coefficient (Wildman–Crippen LogP) is 2.18. The summed E-state index contributed by atoms with van der Waals surface area (Å²) in [5, 5.41) is 0. The fourth-order valence-corrected chi connectivity index (χ4v) is 1.01. The lowest BCUT2D eigenvalue weighted by Crippen LogP contribution is -2.19. The molecule has 0 aromatic rings. The fraction of sp³-hybridized carbons (Fsp3) is 0.875. The average Bonchev–Trinajstić information content (AvgIpc) is 1.80. The van der Waals surface area contributed by atoms with Gasteiger partial charge in [0.1, 0.15) is 11.0 Å². The van der Waals surface area contributed by atoms with Gasteiger partial charge in [0.25, 0.3) is 0 Å². The van der Waals surface area contributed by atoms with Crippen molar-refractivity contribution < 1.29 is 4.21 Å². The number of hydrogen-bond acceptors (Lipinski definition) is 1. The molecule has 1 atom stereocenters. The quantitative estimate of drug-likeness (QED) is 0.591. The molecule has 0 N–H and O–H groups in total. The van der Waals surface area contributed by atoms with Crippen LogP contribution in [0.15, 0.2) is 4.40 Å². The normalized spacial score (nSPS) is 16.2. The molecule has 66 valence electrons. The van der Waals surface area contributed by atoms with Crippen molar-refractivity contribution in [1.29, 1.82) is 0 Å². The van der Waals surface area contributed by atoms with E-state index in [4.69, 9.17) is 0 Å². The smallest absolute Gasteiger partial charge is 0.144 e. The third-order valence-electron chi connectivity index (χ3n) is 0.979. The van der Waals surface area contributed by atoms with E-state index in [1.165, 1.54) is 0 Å². The fourth-order valence-electron chi connectivity index (χ4n) is 0.335. The van der Waals surface area contributed by atoms with E-state index in [1.54, 1.807) is 6.21 Å². The zero-order chi connectivity index (χ0) is 9.07. The van der Waals surface area contributed by atoms with Gasteiger partial charge < -0.3 is 0 Å². The number of rotatable bonds is 2. The molecule has 11 heavy (non-hydrogen) atoms. The molecule has 0 heterocycles. The van der Waals surface area contributed by atoms with Crippen LogP contribution in [0.5, 0.6) is 0 Å². The van der Waals surface area contributed by atoms with E-state index in [-0.39, 0.29) is 4.75 Å². The first-order valence-corrected chi connectivity index (χ1v) is 4.91. The Morgan fingerprint density at radius 1 is 1.36 bits per heavy atom. The van der Waals surface area contributed by atoms with Crippen molar-refractivity contribution >= 4 is 17.2 Å². The van der Waals surface area contributed by atoms with Crippen molar-refractivity contribution in [3.63, 3.8) is 0 Å². The molecule has 0 spiro atoms. The number of nitrogens with zero attached hydrogens (tertiary/aromatic N) is 1. The largest absolute Gasteiger partial charge is 0.234 e. The van der Waals surface area contributed by atoms with Crippen LogP contribution in [0.25, 0.3) is 0 Å². The summed E-state index contributed by atoms with van der Waals surface area (Å²) in [4.78, 5) is 0. The standard InChI is InChI=1S/C8H17NOS/c1-7(2)6-9-11(10)8(3,4)5/h6-7H,1-5H3/b9-6+/t11-/m1/s1. The van der Waals surface area contributed by atoms with E-state index >= 15 is 0 Å². The molecule has 0 saturated heterocycles. The van der Waals surface area contributed by atoms with Gasteiger partial charge >= 0.3 is 0 Å². The van der Waals surface area contributed by atoms with Crippen LogP contribution in [-0.2, 0) is 11.0 Å². The average molecular weight is 175 g/mol. The van der Waals surface area contributed by atoms with Crippen LogP contribution in [-0.4, -0.2) is 15.2 Å². The molecule has 3 heteroatoms. The summed E-state index contributed by atoms with van der Waals surface area (Å²) in [5.74, 6) is 0.376. The van der Waals surface area contributed by atoms with Gasteiger partial charge in [0, 0.05) is 6.21 Å². The molecule has 0 aromatic carbocycles. The first kappa shape index (κ1) is 10.8. The molecule has 0 saturated carbocycles. The summed E-state index contributed by atoms with van der Waals surface area (Å²) >= 11 is 0. The third kappa shape index (κ3) is 5.13. The Balaban J connectivity index is 4.09. The Bertz CT molecular complexity index is 167. The highest BCUT2D eigenvalue weighted by molar-refractivity contribution is 7.85. The van der Waals surface area contributed by atoms with Gasteiger partial charge in [-0.05, 0) is 26.7 Å². The molecule has 0 rings (SSSR count). The van der Waals surface area contributed by atoms with Crippen molar-refractivity contribution in [3.05, 3.63) is 0 Å². The summed E-state index contributed by atoms with van der Waals surface area (Å²) in [6, 6.07) is 0. The van der Waals surface area contributed by atoms with Gasteiger partial charge in [-0.1, -0.05) is 13.8 Å². The lowest BCUT2D eigenvalue weighted by Gasteiger charge is -2.12. The molecule has 0 radical (unpaired) electrons. The Labute approximate surface area is 71.7 Å². The van der Waals surface area contributed by atoms with E-state index in [9.17, 15) is 4.21 Å². The van der Waals surface area contributed by atoms with Gasteiger partial charge in [-0.3, -0.25) is 0 Å². The van der Waals surface area contributed by atoms with E-state index in [2.05, 4.69) is 4.40 Å². The molecule has 0 aromatic heterocycles. The molecule has 0 bridgehead atoms. The highest BCUT2D eigenvalue weighted by Crippen LogP contribution is 2.11. The van der Waals surface area contributed by atoms with E-state index in [0.717, 1.165) is 0 Å². The highest BCUT2D eigenvalue weighted by atomic mass is 32.2. The van der Waals surface area contributed by atoms with Crippen LogP contribution in [0, 0.1) is 5.92 Å². The van der Waals surface area contributed by atoms with Gasteiger partial charge in [-0.2, -0.15) is 4.40 Å². The monoisotopic (exact) mass is 175 g/mol. The summed E-state index contributed by atoms with van der Waals surface area (Å²) in [6.07, 6.45) is 1.74. The second-order valence-electron chi connectivity index (χ2n) is 3.86. The van der Waals surface area contributed by atoms with Crippen LogP contribution >= 0.6 is 0 Å². The van der Waals surface area contributed by atoms with E-state index in [0.29, 0.717) is 5.92 Å². The predicted molar refractivity (Wildman–Crippen MR) is 51.2 cm³/mol. The second-order valence-corrected chi connectivity index (χ2v) is 5.79. The SMILES string of the molecule is CC(C)/C=N/[S@](=O)C(C)(C)C. The van der Waals surface area contributed by atoms with Crippen LogP contribution in [0.1, 0.15) is 34.6 Å². The molecule has 0 aliphatic heterocycles. The molecule has 0 aliphatic carbocycles. The first-order chi connectivity index (χ1) is 4.84. The maximum absolute atomic E-state index is 11.3. The Hall–Kier alpha value is -0.180. The zero-order valence-electron chi connectivity index (χ0n) is 7.92. The summed E-state index contributed by atoms with van der Waals surface area (Å²) < 4.78 is 15.0. The van der Waals surface area contributed by atoms with Crippen molar-refractivity contribution in [2.75, 3.05) is 0 Å².